The van der Waals surface area contributed by atoms with E-state index in [4.69, 9.17) is 0 Å². The molecule has 0 bridgehead atoms. The van der Waals surface area contributed by atoms with Crippen LogP contribution in [0.5, 0.6) is 0 Å². The van der Waals surface area contributed by atoms with Crippen molar-refractivity contribution in [2.45, 2.75) is 65.5 Å². The molecule has 35 heavy (non-hydrogen) atoms. The van der Waals surface area contributed by atoms with E-state index in [1.807, 2.05) is 24.9 Å². The van der Waals surface area contributed by atoms with Crippen molar-refractivity contribution in [1.82, 2.24) is 10.2 Å². The predicted octanol–water partition coefficient (Wildman–Crippen LogP) is 7.28. The number of benzene rings is 2. The Labute approximate surface area is 204 Å². The SMILES string of the molecule is C=C1N(C)c2cc3c(C)nnc(NC(C)c4cccc(C(F)(F)CC)c4F)c3cc2N1C(C)(C)C. The lowest BCUT2D eigenvalue weighted by Crippen LogP contribution is -2.40. The van der Waals surface area contributed by atoms with E-state index in [0.717, 1.165) is 39.7 Å². The number of alkyl halides is 2. The molecule has 3 aromatic rings. The van der Waals surface area contributed by atoms with Crippen molar-refractivity contribution in [3.05, 3.63) is 65.4 Å². The Kier molecular flexibility index (Phi) is 5.98. The molecule has 1 aliphatic rings. The molecule has 1 aromatic heterocycles. The second-order valence-corrected chi connectivity index (χ2v) is 10.1. The molecular formula is C27H32F3N5. The molecule has 0 fully saturated rings. The Morgan fingerprint density at radius 1 is 1.09 bits per heavy atom. The molecule has 5 nitrogen and oxygen atoms in total. The average Bonchev–Trinajstić information content (AvgIpc) is 3.04. The topological polar surface area (TPSA) is 44.3 Å². The van der Waals surface area contributed by atoms with Gasteiger partial charge in [-0.05, 0) is 46.8 Å². The predicted molar refractivity (Wildman–Crippen MR) is 137 cm³/mol. The number of hydrogen-bond acceptors (Lipinski definition) is 5. The zero-order chi connectivity index (χ0) is 25.9. The number of aromatic nitrogens is 2. The van der Waals surface area contributed by atoms with E-state index in [2.05, 4.69) is 53.8 Å². The zero-order valence-electron chi connectivity index (χ0n) is 21.3. The summed E-state index contributed by atoms with van der Waals surface area (Å²) in [4.78, 5) is 4.21. The minimum atomic E-state index is -3.23. The second kappa shape index (κ2) is 8.43. The number of nitrogens with one attached hydrogen (secondary N) is 1. The Morgan fingerprint density at radius 2 is 1.74 bits per heavy atom. The molecule has 4 rings (SSSR count). The van der Waals surface area contributed by atoms with Crippen molar-refractivity contribution < 1.29 is 13.2 Å². The Hall–Kier alpha value is -3.29. The van der Waals surface area contributed by atoms with Crippen molar-refractivity contribution in [2.75, 3.05) is 22.2 Å². The van der Waals surface area contributed by atoms with Crippen molar-refractivity contribution in [3.8, 4) is 0 Å². The van der Waals surface area contributed by atoms with Crippen molar-refractivity contribution >= 4 is 28.0 Å². The molecule has 1 unspecified atom stereocenters. The first-order valence-corrected chi connectivity index (χ1v) is 11.7. The van der Waals surface area contributed by atoms with Crippen LogP contribution in [-0.4, -0.2) is 22.8 Å². The van der Waals surface area contributed by atoms with E-state index in [0.29, 0.717) is 5.82 Å². The van der Waals surface area contributed by atoms with Gasteiger partial charge in [-0.3, -0.25) is 0 Å². The van der Waals surface area contributed by atoms with E-state index in [1.54, 1.807) is 6.92 Å². The van der Waals surface area contributed by atoms with Crippen LogP contribution in [0.15, 0.2) is 42.7 Å². The monoisotopic (exact) mass is 483 g/mol. The van der Waals surface area contributed by atoms with Gasteiger partial charge in [0.1, 0.15) is 11.6 Å². The summed E-state index contributed by atoms with van der Waals surface area (Å²) in [6, 6.07) is 7.61. The van der Waals surface area contributed by atoms with Gasteiger partial charge in [-0.2, -0.15) is 5.10 Å². The zero-order valence-corrected chi connectivity index (χ0v) is 21.3. The number of anilines is 3. The fourth-order valence-electron chi connectivity index (χ4n) is 4.68. The highest BCUT2D eigenvalue weighted by Gasteiger charge is 2.36. The minimum absolute atomic E-state index is 0.150. The summed E-state index contributed by atoms with van der Waals surface area (Å²) < 4.78 is 43.7. The highest BCUT2D eigenvalue weighted by Crippen LogP contribution is 2.47. The van der Waals surface area contributed by atoms with E-state index in [1.165, 1.54) is 19.1 Å². The number of fused-ring (bicyclic) bond motifs is 2. The van der Waals surface area contributed by atoms with E-state index >= 15 is 4.39 Å². The molecule has 0 spiro atoms. The first kappa shape index (κ1) is 24.8. The standard InChI is InChI=1S/C27H32F3N5/c1-9-27(29,30)21-12-10-11-18(24(21)28)15(2)31-25-20-14-23-22(13-19(20)16(3)32-33-25)34(8)17(4)35(23)26(5,6)7/h10-15H,4,9H2,1-3,5-8H3,(H,31,33). The average molecular weight is 484 g/mol. The normalized spacial score (nSPS) is 15.1. The molecule has 0 radical (unpaired) electrons. The summed E-state index contributed by atoms with van der Waals surface area (Å²) in [6.07, 6.45) is -0.474. The van der Waals surface area contributed by atoms with Crippen LogP contribution in [0.25, 0.3) is 10.8 Å². The van der Waals surface area contributed by atoms with Crippen LogP contribution in [0.4, 0.5) is 30.4 Å². The summed E-state index contributed by atoms with van der Waals surface area (Å²) in [5.41, 5.74) is 2.09. The third kappa shape index (κ3) is 4.09. The van der Waals surface area contributed by atoms with Gasteiger partial charge < -0.3 is 15.1 Å². The number of aryl methyl sites for hydroxylation is 1. The second-order valence-electron chi connectivity index (χ2n) is 10.1. The van der Waals surface area contributed by atoms with Gasteiger partial charge in [0.15, 0.2) is 5.82 Å². The van der Waals surface area contributed by atoms with Crippen LogP contribution in [0.3, 0.4) is 0 Å². The summed E-state index contributed by atoms with van der Waals surface area (Å²) in [5, 5.41) is 13.6. The Bertz CT molecular complexity index is 1310. The maximum atomic E-state index is 15.2. The maximum absolute atomic E-state index is 15.2. The molecule has 2 heterocycles. The van der Waals surface area contributed by atoms with E-state index in [9.17, 15) is 8.78 Å². The van der Waals surface area contributed by atoms with Crippen LogP contribution < -0.4 is 15.1 Å². The van der Waals surface area contributed by atoms with E-state index in [-0.39, 0.29) is 11.1 Å². The Balaban J connectivity index is 1.81. The number of rotatable bonds is 5. The lowest BCUT2D eigenvalue weighted by Gasteiger charge is -2.35. The quantitative estimate of drug-likeness (QED) is 0.413. The lowest BCUT2D eigenvalue weighted by atomic mass is 9.98. The summed E-state index contributed by atoms with van der Waals surface area (Å²) in [6.45, 7) is 15.6. The third-order valence-electron chi connectivity index (χ3n) is 6.66. The maximum Gasteiger partial charge on any atom is 0.275 e. The fourth-order valence-corrected chi connectivity index (χ4v) is 4.68. The largest absolute Gasteiger partial charge is 0.361 e. The first-order valence-electron chi connectivity index (χ1n) is 11.7. The van der Waals surface area contributed by atoms with Gasteiger partial charge >= 0.3 is 0 Å². The van der Waals surface area contributed by atoms with Crippen LogP contribution in [0.2, 0.25) is 0 Å². The van der Waals surface area contributed by atoms with Crippen LogP contribution >= 0.6 is 0 Å². The molecule has 2 aromatic carbocycles. The molecule has 8 heteroatoms. The number of hydrogen-bond donors (Lipinski definition) is 1. The van der Waals surface area contributed by atoms with Crippen LogP contribution in [-0.2, 0) is 5.92 Å². The van der Waals surface area contributed by atoms with Crippen LogP contribution in [0, 0.1) is 12.7 Å². The van der Waals surface area contributed by atoms with Crippen molar-refractivity contribution in [1.29, 1.82) is 0 Å². The van der Waals surface area contributed by atoms with Gasteiger partial charge in [-0.25, -0.2) is 13.2 Å². The minimum Gasteiger partial charge on any atom is -0.361 e. The summed E-state index contributed by atoms with van der Waals surface area (Å²) in [7, 11) is 1.98. The number of halogens is 3. The van der Waals surface area contributed by atoms with Crippen LogP contribution in [0.1, 0.15) is 63.9 Å². The molecule has 0 aliphatic carbocycles. The third-order valence-corrected chi connectivity index (χ3v) is 6.66. The molecule has 0 saturated carbocycles. The van der Waals surface area contributed by atoms with Crippen molar-refractivity contribution in [3.63, 3.8) is 0 Å². The lowest BCUT2D eigenvalue weighted by molar-refractivity contribution is -0.0119. The molecule has 0 amide bonds. The molecule has 1 atom stereocenters. The molecular weight excluding hydrogens is 451 g/mol. The van der Waals surface area contributed by atoms with Gasteiger partial charge in [0.05, 0.1) is 28.7 Å². The van der Waals surface area contributed by atoms with Gasteiger partial charge in [-0.15, -0.1) is 5.10 Å². The molecule has 186 valence electrons. The summed E-state index contributed by atoms with van der Waals surface area (Å²) >= 11 is 0. The smallest absolute Gasteiger partial charge is 0.275 e. The van der Waals surface area contributed by atoms with Gasteiger partial charge in [0.2, 0.25) is 0 Å². The summed E-state index contributed by atoms with van der Waals surface area (Å²) in [5.74, 6) is -2.81. The molecule has 1 N–H and O–H groups in total. The van der Waals surface area contributed by atoms with E-state index < -0.39 is 29.8 Å². The number of nitrogens with zero attached hydrogens (tertiary/aromatic N) is 4. The fraction of sp³-hybridized carbons (Fsp3) is 0.407. The van der Waals surface area contributed by atoms with Gasteiger partial charge in [0, 0.05) is 35.3 Å². The van der Waals surface area contributed by atoms with Crippen molar-refractivity contribution in [2.24, 2.45) is 0 Å². The molecule has 1 aliphatic heterocycles. The van der Waals surface area contributed by atoms with Gasteiger partial charge in [0.25, 0.3) is 5.92 Å². The first-order chi connectivity index (χ1) is 16.3. The molecule has 0 saturated heterocycles. The highest BCUT2D eigenvalue weighted by atomic mass is 19.3. The van der Waals surface area contributed by atoms with Gasteiger partial charge in [-0.1, -0.05) is 31.7 Å². The highest BCUT2D eigenvalue weighted by molar-refractivity contribution is 6.02. The Morgan fingerprint density at radius 3 is 2.37 bits per heavy atom.